The van der Waals surface area contributed by atoms with E-state index in [2.05, 4.69) is 36.9 Å². The summed E-state index contributed by atoms with van der Waals surface area (Å²) in [5.74, 6) is -0.189. The smallest absolute Gasteiger partial charge is 0.132 e. The Kier molecular flexibility index (Phi) is 4.40. The quantitative estimate of drug-likeness (QED) is 0.922. The van der Waals surface area contributed by atoms with Crippen LogP contribution in [0.5, 0.6) is 0 Å². The summed E-state index contributed by atoms with van der Waals surface area (Å²) in [6.07, 6.45) is 0. The van der Waals surface area contributed by atoms with E-state index in [-0.39, 0.29) is 12.4 Å². The number of halogens is 1. The minimum Gasteiger partial charge on any atom is -0.370 e. The average molecular weight is 272 g/mol. The van der Waals surface area contributed by atoms with Gasteiger partial charge in [-0.3, -0.25) is 0 Å². The molecule has 0 aliphatic rings. The number of hydrogen-bond donors (Lipinski definition) is 1. The molecule has 2 nitrogen and oxygen atoms in total. The van der Waals surface area contributed by atoms with Crippen molar-refractivity contribution in [3.63, 3.8) is 0 Å². The van der Waals surface area contributed by atoms with Crippen molar-refractivity contribution in [3.8, 4) is 0 Å². The third kappa shape index (κ3) is 3.17. The average Bonchev–Trinajstić information content (AvgIpc) is 2.40. The summed E-state index contributed by atoms with van der Waals surface area (Å²) in [6, 6.07) is 11.8. The van der Waals surface area contributed by atoms with Crippen LogP contribution < -0.4 is 10.6 Å². The van der Waals surface area contributed by atoms with Gasteiger partial charge in [0.25, 0.3) is 0 Å². The second kappa shape index (κ2) is 6.06. The molecule has 0 aromatic heterocycles. The van der Waals surface area contributed by atoms with Crippen molar-refractivity contribution in [2.24, 2.45) is 5.73 Å². The van der Waals surface area contributed by atoms with Crippen LogP contribution in [0.25, 0.3) is 0 Å². The van der Waals surface area contributed by atoms with Gasteiger partial charge in [-0.2, -0.15) is 0 Å². The number of nitrogens with two attached hydrogens (primary N) is 1. The number of aryl methyl sites for hydroxylation is 2. The molecule has 0 spiro atoms. The van der Waals surface area contributed by atoms with Gasteiger partial charge in [0.05, 0.1) is 0 Å². The van der Waals surface area contributed by atoms with E-state index in [0.717, 1.165) is 5.69 Å². The Morgan fingerprint density at radius 2 is 1.65 bits per heavy atom. The number of rotatable bonds is 4. The molecule has 0 atom stereocenters. The van der Waals surface area contributed by atoms with Gasteiger partial charge in [-0.05, 0) is 37.1 Å². The highest BCUT2D eigenvalue weighted by molar-refractivity contribution is 5.50. The molecule has 0 fully saturated rings. The van der Waals surface area contributed by atoms with Gasteiger partial charge >= 0.3 is 0 Å². The molecular formula is C17H21FN2. The van der Waals surface area contributed by atoms with Crippen LogP contribution in [-0.2, 0) is 13.1 Å². The first kappa shape index (κ1) is 14.5. The Bertz CT molecular complexity index is 588. The number of anilines is 1. The molecule has 0 radical (unpaired) electrons. The maximum atomic E-state index is 14.2. The molecular weight excluding hydrogens is 251 g/mol. The Labute approximate surface area is 120 Å². The third-order valence-electron chi connectivity index (χ3n) is 3.43. The minimum absolute atomic E-state index is 0.189. The Balaban J connectivity index is 2.25. The molecule has 2 N–H and O–H groups in total. The van der Waals surface area contributed by atoms with Gasteiger partial charge in [-0.1, -0.05) is 24.3 Å². The van der Waals surface area contributed by atoms with Gasteiger partial charge in [0, 0.05) is 37.0 Å². The summed E-state index contributed by atoms with van der Waals surface area (Å²) >= 11 is 0. The van der Waals surface area contributed by atoms with Crippen molar-refractivity contribution in [2.75, 3.05) is 11.9 Å². The van der Waals surface area contributed by atoms with Crippen LogP contribution in [0.1, 0.15) is 22.3 Å². The van der Waals surface area contributed by atoms with E-state index >= 15 is 0 Å². The SMILES string of the molecule is Cc1cc(C)cc(N(C)Cc2cccc(CN)c2F)c1. The van der Waals surface area contributed by atoms with Gasteiger partial charge in [0.2, 0.25) is 0 Å². The largest absolute Gasteiger partial charge is 0.370 e. The highest BCUT2D eigenvalue weighted by atomic mass is 19.1. The van der Waals surface area contributed by atoms with E-state index in [0.29, 0.717) is 17.7 Å². The van der Waals surface area contributed by atoms with E-state index in [9.17, 15) is 4.39 Å². The van der Waals surface area contributed by atoms with Crippen LogP contribution in [0.3, 0.4) is 0 Å². The maximum absolute atomic E-state index is 14.2. The first-order valence-corrected chi connectivity index (χ1v) is 6.77. The Hall–Kier alpha value is -1.87. The lowest BCUT2D eigenvalue weighted by Gasteiger charge is -2.21. The lowest BCUT2D eigenvalue weighted by Crippen LogP contribution is -2.18. The second-order valence-corrected chi connectivity index (χ2v) is 5.30. The van der Waals surface area contributed by atoms with Crippen LogP contribution in [0.4, 0.5) is 10.1 Å². The Morgan fingerprint density at radius 3 is 2.25 bits per heavy atom. The molecule has 0 unspecified atom stereocenters. The summed E-state index contributed by atoms with van der Waals surface area (Å²) in [7, 11) is 1.97. The first-order valence-electron chi connectivity index (χ1n) is 6.77. The van der Waals surface area contributed by atoms with Crippen LogP contribution in [0.15, 0.2) is 36.4 Å². The fourth-order valence-electron chi connectivity index (χ4n) is 2.43. The van der Waals surface area contributed by atoms with Gasteiger partial charge < -0.3 is 10.6 Å². The number of hydrogen-bond acceptors (Lipinski definition) is 2. The van der Waals surface area contributed by atoms with E-state index in [1.54, 1.807) is 6.07 Å². The van der Waals surface area contributed by atoms with Crippen LogP contribution in [-0.4, -0.2) is 7.05 Å². The monoisotopic (exact) mass is 272 g/mol. The molecule has 2 aromatic rings. The van der Waals surface area contributed by atoms with E-state index in [1.807, 2.05) is 19.2 Å². The highest BCUT2D eigenvalue weighted by Crippen LogP contribution is 2.21. The molecule has 2 aromatic carbocycles. The predicted molar refractivity (Wildman–Crippen MR) is 82.3 cm³/mol. The molecule has 106 valence electrons. The lowest BCUT2D eigenvalue weighted by atomic mass is 10.1. The molecule has 3 heteroatoms. The highest BCUT2D eigenvalue weighted by Gasteiger charge is 2.10. The van der Waals surface area contributed by atoms with Gasteiger partial charge in [-0.25, -0.2) is 4.39 Å². The molecule has 0 aliphatic heterocycles. The molecule has 2 rings (SSSR count). The molecule has 0 heterocycles. The normalized spacial score (nSPS) is 10.7. The summed E-state index contributed by atoms with van der Waals surface area (Å²) in [5, 5.41) is 0. The number of benzene rings is 2. The van der Waals surface area contributed by atoms with Gasteiger partial charge in [-0.15, -0.1) is 0 Å². The maximum Gasteiger partial charge on any atom is 0.132 e. The fraction of sp³-hybridized carbons (Fsp3) is 0.294. The second-order valence-electron chi connectivity index (χ2n) is 5.30. The zero-order chi connectivity index (χ0) is 14.7. The summed E-state index contributed by atoms with van der Waals surface area (Å²) in [4.78, 5) is 2.05. The van der Waals surface area contributed by atoms with Gasteiger partial charge in [0.1, 0.15) is 5.82 Å². The summed E-state index contributed by atoms with van der Waals surface area (Å²) in [6.45, 7) is 4.90. The van der Waals surface area contributed by atoms with Crippen molar-refractivity contribution in [3.05, 3.63) is 64.5 Å². The molecule has 0 bridgehead atoms. The van der Waals surface area contributed by atoms with Crippen molar-refractivity contribution < 1.29 is 4.39 Å². The zero-order valence-corrected chi connectivity index (χ0v) is 12.3. The predicted octanol–water partition coefficient (Wildman–Crippen LogP) is 3.54. The fourth-order valence-corrected chi connectivity index (χ4v) is 2.43. The van der Waals surface area contributed by atoms with Crippen molar-refractivity contribution >= 4 is 5.69 Å². The number of nitrogens with zero attached hydrogens (tertiary/aromatic N) is 1. The molecule has 0 saturated carbocycles. The topological polar surface area (TPSA) is 29.3 Å². The molecule has 0 saturated heterocycles. The van der Waals surface area contributed by atoms with E-state index in [4.69, 9.17) is 5.73 Å². The molecule has 0 aliphatic carbocycles. The van der Waals surface area contributed by atoms with E-state index < -0.39 is 0 Å². The Morgan fingerprint density at radius 1 is 1.05 bits per heavy atom. The van der Waals surface area contributed by atoms with Crippen LogP contribution >= 0.6 is 0 Å². The first-order chi connectivity index (χ1) is 9.51. The van der Waals surface area contributed by atoms with Crippen molar-refractivity contribution in [2.45, 2.75) is 26.9 Å². The summed E-state index contributed by atoms with van der Waals surface area (Å²) in [5.41, 5.74) is 10.3. The minimum atomic E-state index is -0.189. The van der Waals surface area contributed by atoms with Crippen LogP contribution in [0, 0.1) is 19.7 Å². The standard InChI is InChI=1S/C17H21FN2/c1-12-7-13(2)9-16(8-12)20(3)11-15-6-4-5-14(10-19)17(15)18/h4-9H,10-11,19H2,1-3H3. The lowest BCUT2D eigenvalue weighted by molar-refractivity contribution is 0.591. The zero-order valence-electron chi connectivity index (χ0n) is 12.3. The van der Waals surface area contributed by atoms with Gasteiger partial charge in [0.15, 0.2) is 0 Å². The van der Waals surface area contributed by atoms with E-state index in [1.165, 1.54) is 11.1 Å². The van der Waals surface area contributed by atoms with Crippen molar-refractivity contribution in [1.29, 1.82) is 0 Å². The van der Waals surface area contributed by atoms with Crippen LogP contribution in [0.2, 0.25) is 0 Å². The van der Waals surface area contributed by atoms with Crippen molar-refractivity contribution in [1.82, 2.24) is 0 Å². The summed E-state index contributed by atoms with van der Waals surface area (Å²) < 4.78 is 14.2. The molecule has 20 heavy (non-hydrogen) atoms. The molecule has 0 amide bonds. The third-order valence-corrected chi connectivity index (χ3v) is 3.43.